The van der Waals surface area contributed by atoms with Crippen molar-refractivity contribution in [2.45, 2.75) is 116 Å². The average molecular weight is 557 g/mol. The fourth-order valence-corrected chi connectivity index (χ4v) is 3.94. The standard InChI is InChI=1S/C28H49N3O3.BrH/c1-2-3-21-29-28(34)30-26(25-32)27(33)20-16-13-11-9-7-5-4-6-8-10-12-14-17-22-31-23-18-15-19-24-31;/h15-16,18-20,23-24,26-27,32-33H,2-14,17,21-22,25H2,1H3,(H-,29,30,34);1H/b20-16+;/t26-,27-;/m0./s1. The number of aryl methyl sites for hydroxylation is 1. The molecule has 1 aromatic heterocycles. The number of nitrogens with one attached hydrogen (secondary N) is 2. The molecule has 0 aliphatic rings. The van der Waals surface area contributed by atoms with Crippen LogP contribution < -0.4 is 32.2 Å². The second kappa shape index (κ2) is 24.3. The molecule has 35 heavy (non-hydrogen) atoms. The Bertz CT molecular complexity index is 631. The van der Waals surface area contributed by atoms with Gasteiger partial charge in [0.2, 0.25) is 0 Å². The number of nitrogens with zero attached hydrogens (tertiary/aromatic N) is 1. The summed E-state index contributed by atoms with van der Waals surface area (Å²) in [6.45, 7) is 3.49. The van der Waals surface area contributed by atoms with Gasteiger partial charge in [-0.3, -0.25) is 0 Å². The zero-order valence-electron chi connectivity index (χ0n) is 21.8. The molecule has 0 spiro atoms. The van der Waals surface area contributed by atoms with Gasteiger partial charge < -0.3 is 37.8 Å². The second-order valence-electron chi connectivity index (χ2n) is 9.25. The molecule has 0 aliphatic heterocycles. The van der Waals surface area contributed by atoms with Gasteiger partial charge in [-0.25, -0.2) is 9.36 Å². The number of carbonyl (C=O) groups is 1. The van der Waals surface area contributed by atoms with Gasteiger partial charge in [-0.05, 0) is 25.7 Å². The lowest BCUT2D eigenvalue weighted by Crippen LogP contribution is -3.00. The van der Waals surface area contributed by atoms with Crippen molar-refractivity contribution in [1.29, 1.82) is 0 Å². The molecule has 2 amide bonds. The number of urea groups is 1. The van der Waals surface area contributed by atoms with Crippen LogP contribution in [0.15, 0.2) is 42.7 Å². The topological polar surface area (TPSA) is 85.5 Å². The maximum atomic E-state index is 11.8. The van der Waals surface area contributed by atoms with Crippen LogP contribution in [0.3, 0.4) is 0 Å². The number of aliphatic hydroxyl groups is 2. The molecule has 0 fully saturated rings. The van der Waals surface area contributed by atoms with Crippen LogP contribution in [0.25, 0.3) is 0 Å². The number of rotatable bonds is 21. The number of amides is 2. The first-order valence-corrected chi connectivity index (χ1v) is 13.6. The van der Waals surface area contributed by atoms with Gasteiger partial charge in [-0.2, -0.15) is 0 Å². The summed E-state index contributed by atoms with van der Waals surface area (Å²) in [4.78, 5) is 11.8. The van der Waals surface area contributed by atoms with Gasteiger partial charge in [-0.15, -0.1) is 0 Å². The predicted molar refractivity (Wildman–Crippen MR) is 140 cm³/mol. The van der Waals surface area contributed by atoms with E-state index in [9.17, 15) is 15.0 Å². The maximum Gasteiger partial charge on any atom is 0.315 e. The maximum absolute atomic E-state index is 11.8. The number of aliphatic hydroxyl groups excluding tert-OH is 2. The third-order valence-electron chi connectivity index (χ3n) is 6.14. The summed E-state index contributed by atoms with van der Waals surface area (Å²) in [5, 5.41) is 25.0. The normalized spacial score (nSPS) is 12.8. The lowest BCUT2D eigenvalue weighted by atomic mass is 10.0. The molecule has 0 saturated carbocycles. The van der Waals surface area contributed by atoms with E-state index in [4.69, 9.17) is 0 Å². The van der Waals surface area contributed by atoms with E-state index in [0.29, 0.717) is 6.54 Å². The van der Waals surface area contributed by atoms with Crippen molar-refractivity contribution in [2.75, 3.05) is 13.2 Å². The Labute approximate surface area is 224 Å². The predicted octanol–water partition coefficient (Wildman–Crippen LogP) is 2.04. The highest BCUT2D eigenvalue weighted by Gasteiger charge is 2.17. The highest BCUT2D eigenvalue weighted by atomic mass is 79.9. The van der Waals surface area contributed by atoms with Crippen molar-refractivity contribution in [2.24, 2.45) is 0 Å². The van der Waals surface area contributed by atoms with E-state index in [-0.39, 0.29) is 29.6 Å². The number of hydrogen-bond acceptors (Lipinski definition) is 3. The molecule has 2 atom stereocenters. The smallest absolute Gasteiger partial charge is 0.315 e. The van der Waals surface area contributed by atoms with Crippen molar-refractivity contribution >= 4 is 6.03 Å². The summed E-state index contributed by atoms with van der Waals surface area (Å²) in [6, 6.07) is 5.22. The number of aromatic nitrogens is 1. The Kier molecular flexibility index (Phi) is 23.3. The molecule has 4 N–H and O–H groups in total. The summed E-state index contributed by atoms with van der Waals surface area (Å²) in [5.74, 6) is 0. The highest BCUT2D eigenvalue weighted by Crippen LogP contribution is 2.12. The summed E-state index contributed by atoms with van der Waals surface area (Å²) in [5.41, 5.74) is 0. The number of allylic oxidation sites excluding steroid dienone is 1. The number of unbranched alkanes of at least 4 members (excludes halogenated alkanes) is 12. The fraction of sp³-hybridized carbons (Fsp3) is 0.714. The third kappa shape index (κ3) is 19.4. The molecule has 6 nitrogen and oxygen atoms in total. The molecule has 0 aromatic carbocycles. The third-order valence-corrected chi connectivity index (χ3v) is 6.14. The molecule has 0 unspecified atom stereocenters. The SMILES string of the molecule is CCCCNC(=O)N[C@@H](CO)[C@@H](O)/C=C/CCCCCCCCCCCCC[n+]1ccccc1.[Br-]. The Balaban J connectivity index is 0.0000116. The second-order valence-corrected chi connectivity index (χ2v) is 9.25. The van der Waals surface area contributed by atoms with Gasteiger partial charge in [0.25, 0.3) is 0 Å². The monoisotopic (exact) mass is 555 g/mol. The van der Waals surface area contributed by atoms with Crippen LogP contribution in [0.2, 0.25) is 0 Å². The first kappa shape index (κ1) is 33.6. The van der Waals surface area contributed by atoms with E-state index < -0.39 is 12.1 Å². The van der Waals surface area contributed by atoms with Gasteiger partial charge in [-0.1, -0.05) is 82.9 Å². The minimum atomic E-state index is -0.876. The first-order valence-electron chi connectivity index (χ1n) is 13.6. The zero-order valence-corrected chi connectivity index (χ0v) is 23.4. The van der Waals surface area contributed by atoms with Gasteiger partial charge in [0.1, 0.15) is 6.54 Å². The summed E-state index contributed by atoms with van der Waals surface area (Å²) >= 11 is 0. The van der Waals surface area contributed by atoms with Crippen LogP contribution >= 0.6 is 0 Å². The lowest BCUT2D eigenvalue weighted by molar-refractivity contribution is -0.697. The number of carbonyl (C=O) groups excluding carboxylic acids is 1. The molecular weight excluding hydrogens is 506 g/mol. The minimum absolute atomic E-state index is 0. The van der Waals surface area contributed by atoms with Crippen LogP contribution in [0.4, 0.5) is 4.79 Å². The van der Waals surface area contributed by atoms with Gasteiger partial charge >= 0.3 is 6.03 Å². The van der Waals surface area contributed by atoms with Crippen molar-refractivity contribution in [3.8, 4) is 0 Å². The Morgan fingerprint density at radius 1 is 0.886 bits per heavy atom. The Hall–Kier alpha value is -1.44. The van der Waals surface area contributed by atoms with E-state index in [1.165, 1.54) is 64.2 Å². The van der Waals surface area contributed by atoms with Crippen LogP contribution in [-0.4, -0.2) is 41.5 Å². The Morgan fingerprint density at radius 2 is 1.46 bits per heavy atom. The van der Waals surface area contributed by atoms with E-state index in [1.54, 1.807) is 6.08 Å². The molecule has 0 aliphatic carbocycles. The summed E-state index contributed by atoms with van der Waals surface area (Å²) in [6.07, 6.45) is 24.1. The summed E-state index contributed by atoms with van der Waals surface area (Å²) in [7, 11) is 0. The van der Waals surface area contributed by atoms with E-state index in [0.717, 1.165) is 32.2 Å². The number of halogens is 1. The Morgan fingerprint density at radius 3 is 2.03 bits per heavy atom. The molecular formula is C28H50BrN3O3. The van der Waals surface area contributed by atoms with Crippen LogP contribution in [0, 0.1) is 0 Å². The summed E-state index contributed by atoms with van der Waals surface area (Å²) < 4.78 is 2.26. The van der Waals surface area contributed by atoms with Gasteiger partial charge in [0.15, 0.2) is 12.4 Å². The minimum Gasteiger partial charge on any atom is -1.00 e. The lowest BCUT2D eigenvalue weighted by Gasteiger charge is -2.20. The first-order chi connectivity index (χ1) is 16.7. The number of hydrogen-bond donors (Lipinski definition) is 4. The average Bonchev–Trinajstić information content (AvgIpc) is 2.85. The number of pyridine rings is 1. The quantitative estimate of drug-likeness (QED) is 0.106. The van der Waals surface area contributed by atoms with Crippen LogP contribution in [0.1, 0.15) is 96.8 Å². The largest absolute Gasteiger partial charge is 1.00 e. The van der Waals surface area contributed by atoms with Crippen molar-refractivity contribution in [1.82, 2.24) is 10.6 Å². The van der Waals surface area contributed by atoms with Gasteiger partial charge in [0, 0.05) is 25.1 Å². The fourth-order valence-electron chi connectivity index (χ4n) is 3.94. The van der Waals surface area contributed by atoms with Crippen molar-refractivity contribution in [3.05, 3.63) is 42.7 Å². The van der Waals surface area contributed by atoms with E-state index in [2.05, 4.69) is 52.7 Å². The molecule has 0 saturated heterocycles. The molecule has 0 radical (unpaired) electrons. The van der Waals surface area contributed by atoms with Crippen LogP contribution in [-0.2, 0) is 6.54 Å². The molecule has 1 aromatic rings. The van der Waals surface area contributed by atoms with Crippen LogP contribution in [0.5, 0.6) is 0 Å². The highest BCUT2D eigenvalue weighted by molar-refractivity contribution is 5.74. The zero-order chi connectivity index (χ0) is 24.7. The molecule has 1 rings (SSSR count). The van der Waals surface area contributed by atoms with Crippen molar-refractivity contribution < 1.29 is 36.6 Å². The molecule has 1 heterocycles. The van der Waals surface area contributed by atoms with Gasteiger partial charge in [0.05, 0.1) is 18.8 Å². The van der Waals surface area contributed by atoms with Crippen molar-refractivity contribution in [3.63, 3.8) is 0 Å². The van der Waals surface area contributed by atoms with E-state index >= 15 is 0 Å². The molecule has 0 bridgehead atoms. The van der Waals surface area contributed by atoms with E-state index in [1.807, 2.05) is 6.08 Å². The molecule has 7 heteroatoms. The molecule has 202 valence electrons.